The van der Waals surface area contributed by atoms with E-state index in [2.05, 4.69) is 71.8 Å². The SMILES string of the molecule is CC(C)NC(C)(CO)c1ccc(-c2cc3c(N4CCN(C(=O)C5CC5)CC4)ccnn3c2)cc1. The van der Waals surface area contributed by atoms with Crippen molar-refractivity contribution in [1.29, 1.82) is 0 Å². The van der Waals surface area contributed by atoms with Gasteiger partial charge in [0.25, 0.3) is 0 Å². The summed E-state index contributed by atoms with van der Waals surface area (Å²) in [7, 11) is 0. The van der Waals surface area contributed by atoms with Crippen LogP contribution in [0.25, 0.3) is 16.6 Å². The minimum Gasteiger partial charge on any atom is -0.394 e. The zero-order chi connectivity index (χ0) is 23.9. The van der Waals surface area contributed by atoms with Crippen LogP contribution in [-0.2, 0) is 10.3 Å². The lowest BCUT2D eigenvalue weighted by molar-refractivity contribution is -0.132. The molecule has 2 N–H and O–H groups in total. The second kappa shape index (κ2) is 9.04. The monoisotopic (exact) mass is 461 g/mol. The van der Waals surface area contributed by atoms with Crippen molar-refractivity contribution in [3.8, 4) is 11.1 Å². The number of hydrogen-bond acceptors (Lipinski definition) is 5. The third kappa shape index (κ3) is 4.42. The number of aliphatic hydroxyl groups is 1. The Labute approximate surface area is 201 Å². The van der Waals surface area contributed by atoms with Crippen LogP contribution < -0.4 is 10.2 Å². The summed E-state index contributed by atoms with van der Waals surface area (Å²) in [6, 6.07) is 12.9. The van der Waals surface area contributed by atoms with Crippen LogP contribution in [0.5, 0.6) is 0 Å². The Bertz CT molecular complexity index is 1160. The zero-order valence-corrected chi connectivity index (χ0v) is 20.4. The van der Waals surface area contributed by atoms with Gasteiger partial charge in [-0.15, -0.1) is 0 Å². The predicted octanol–water partition coefficient (Wildman–Crippen LogP) is 3.27. The molecule has 7 nitrogen and oxygen atoms in total. The summed E-state index contributed by atoms with van der Waals surface area (Å²) in [6.07, 6.45) is 6.04. The van der Waals surface area contributed by atoms with Gasteiger partial charge in [-0.1, -0.05) is 24.3 Å². The first-order chi connectivity index (χ1) is 16.4. The molecular formula is C27H35N5O2. The number of carbonyl (C=O) groups is 1. The summed E-state index contributed by atoms with van der Waals surface area (Å²) < 4.78 is 1.94. The van der Waals surface area contributed by atoms with Crippen LogP contribution in [0.4, 0.5) is 5.69 Å². The van der Waals surface area contributed by atoms with E-state index < -0.39 is 5.54 Å². The number of anilines is 1. The van der Waals surface area contributed by atoms with Gasteiger partial charge in [-0.25, -0.2) is 4.52 Å². The van der Waals surface area contributed by atoms with Gasteiger partial charge in [0.1, 0.15) is 0 Å². The van der Waals surface area contributed by atoms with E-state index in [-0.39, 0.29) is 18.6 Å². The molecule has 7 heteroatoms. The van der Waals surface area contributed by atoms with Crippen molar-refractivity contribution in [2.75, 3.05) is 37.7 Å². The van der Waals surface area contributed by atoms with Crippen LogP contribution in [0.2, 0.25) is 0 Å². The Morgan fingerprint density at radius 1 is 1.12 bits per heavy atom. The fraction of sp³-hybridized carbons (Fsp3) is 0.481. The molecule has 0 bridgehead atoms. The Kier molecular flexibility index (Phi) is 6.08. The van der Waals surface area contributed by atoms with Crippen LogP contribution >= 0.6 is 0 Å². The highest BCUT2D eigenvalue weighted by molar-refractivity contribution is 5.82. The molecule has 180 valence electrons. The molecule has 1 aliphatic heterocycles. The lowest BCUT2D eigenvalue weighted by atomic mass is 9.90. The fourth-order valence-electron chi connectivity index (χ4n) is 5.07. The molecular weight excluding hydrogens is 426 g/mol. The maximum atomic E-state index is 12.4. The number of piperazine rings is 1. The first-order valence-electron chi connectivity index (χ1n) is 12.4. The highest BCUT2D eigenvalue weighted by Crippen LogP contribution is 2.33. The number of hydrogen-bond donors (Lipinski definition) is 2. The molecule has 3 heterocycles. The lowest BCUT2D eigenvalue weighted by Crippen LogP contribution is -2.49. The van der Waals surface area contributed by atoms with Gasteiger partial charge >= 0.3 is 0 Å². The molecule has 0 radical (unpaired) electrons. The van der Waals surface area contributed by atoms with Crippen molar-refractivity contribution in [3.05, 3.63) is 54.4 Å². The molecule has 1 amide bonds. The molecule has 1 aliphatic carbocycles. The van der Waals surface area contributed by atoms with E-state index in [1.54, 1.807) is 0 Å². The zero-order valence-electron chi connectivity index (χ0n) is 20.4. The second-order valence-corrected chi connectivity index (χ2v) is 10.2. The maximum absolute atomic E-state index is 12.4. The number of amides is 1. The van der Waals surface area contributed by atoms with E-state index in [1.807, 2.05) is 22.5 Å². The number of carbonyl (C=O) groups excluding carboxylic acids is 1. The van der Waals surface area contributed by atoms with Gasteiger partial charge in [0.05, 0.1) is 23.3 Å². The van der Waals surface area contributed by atoms with E-state index in [0.29, 0.717) is 5.91 Å². The summed E-state index contributed by atoms with van der Waals surface area (Å²) >= 11 is 0. The average Bonchev–Trinajstić information content (AvgIpc) is 3.61. The van der Waals surface area contributed by atoms with E-state index in [9.17, 15) is 9.90 Å². The van der Waals surface area contributed by atoms with Crippen molar-refractivity contribution in [2.24, 2.45) is 5.92 Å². The topological polar surface area (TPSA) is 73.1 Å². The lowest BCUT2D eigenvalue weighted by Gasteiger charge is -2.36. The molecule has 1 saturated carbocycles. The molecule has 2 aliphatic rings. The van der Waals surface area contributed by atoms with E-state index in [4.69, 9.17) is 0 Å². The number of rotatable bonds is 7. The summed E-state index contributed by atoms with van der Waals surface area (Å²) in [4.78, 5) is 16.8. The van der Waals surface area contributed by atoms with Crippen molar-refractivity contribution >= 4 is 17.1 Å². The molecule has 1 unspecified atom stereocenters. The minimum atomic E-state index is -0.476. The van der Waals surface area contributed by atoms with Gasteiger partial charge in [0, 0.05) is 56.1 Å². The first kappa shape index (κ1) is 22.9. The number of nitrogens with one attached hydrogen (secondary N) is 1. The summed E-state index contributed by atoms with van der Waals surface area (Å²) in [5.74, 6) is 0.629. The molecule has 34 heavy (non-hydrogen) atoms. The smallest absolute Gasteiger partial charge is 0.225 e. The van der Waals surface area contributed by atoms with Gasteiger partial charge in [-0.2, -0.15) is 5.10 Å². The van der Waals surface area contributed by atoms with Gasteiger partial charge < -0.3 is 20.2 Å². The van der Waals surface area contributed by atoms with Gasteiger partial charge in [0.2, 0.25) is 5.91 Å². The number of benzene rings is 1. The number of aromatic nitrogens is 2. The molecule has 0 spiro atoms. The normalized spacial score (nSPS) is 18.5. The summed E-state index contributed by atoms with van der Waals surface area (Å²) in [5.41, 5.74) is 5.04. The van der Waals surface area contributed by atoms with E-state index in [1.165, 1.54) is 0 Å². The Hall–Kier alpha value is -2.90. The number of nitrogens with zero attached hydrogens (tertiary/aromatic N) is 4. The Balaban J connectivity index is 1.36. The molecule has 1 atom stereocenters. The van der Waals surface area contributed by atoms with E-state index in [0.717, 1.165) is 66.9 Å². The van der Waals surface area contributed by atoms with Gasteiger partial charge in [0.15, 0.2) is 0 Å². The largest absolute Gasteiger partial charge is 0.394 e. The first-order valence-corrected chi connectivity index (χ1v) is 12.4. The number of aliphatic hydroxyl groups excluding tert-OH is 1. The van der Waals surface area contributed by atoms with Crippen LogP contribution in [0.3, 0.4) is 0 Å². The average molecular weight is 462 g/mol. The fourth-order valence-corrected chi connectivity index (χ4v) is 5.07. The third-order valence-corrected chi connectivity index (χ3v) is 7.12. The van der Waals surface area contributed by atoms with Crippen LogP contribution in [0.1, 0.15) is 39.2 Å². The van der Waals surface area contributed by atoms with Crippen LogP contribution in [0, 0.1) is 5.92 Å². The number of fused-ring (bicyclic) bond motifs is 1. The molecule has 2 fully saturated rings. The van der Waals surface area contributed by atoms with Crippen LogP contribution in [-0.4, -0.2) is 64.4 Å². The molecule has 3 aromatic rings. The summed E-state index contributed by atoms with van der Waals surface area (Å²) in [6.45, 7) is 9.50. The molecule has 1 aromatic carbocycles. The Morgan fingerprint density at radius 3 is 2.44 bits per heavy atom. The van der Waals surface area contributed by atoms with Gasteiger partial charge in [-0.3, -0.25) is 4.79 Å². The Morgan fingerprint density at radius 2 is 1.82 bits per heavy atom. The molecule has 5 rings (SSSR count). The predicted molar refractivity (Wildman–Crippen MR) is 135 cm³/mol. The van der Waals surface area contributed by atoms with Crippen molar-refractivity contribution in [2.45, 2.75) is 45.2 Å². The maximum Gasteiger partial charge on any atom is 0.225 e. The summed E-state index contributed by atoms with van der Waals surface area (Å²) in [5, 5.41) is 18.0. The molecule has 1 saturated heterocycles. The highest BCUT2D eigenvalue weighted by Gasteiger charge is 2.34. The van der Waals surface area contributed by atoms with Crippen molar-refractivity contribution in [1.82, 2.24) is 19.8 Å². The highest BCUT2D eigenvalue weighted by atomic mass is 16.3. The quantitative estimate of drug-likeness (QED) is 0.565. The second-order valence-electron chi connectivity index (χ2n) is 10.2. The standard InChI is InChI=1S/C27H35N5O2/c1-19(2)29-27(3,18-33)23-8-6-20(7-9-23)22-16-25-24(10-11-28-32(25)17-22)30-12-14-31(15-13-30)26(34)21-4-5-21/h6-11,16-17,19,21,29,33H,4-5,12-15,18H2,1-3H3. The van der Waals surface area contributed by atoms with E-state index >= 15 is 0 Å². The third-order valence-electron chi connectivity index (χ3n) is 7.12. The molecule has 2 aromatic heterocycles. The van der Waals surface area contributed by atoms with Gasteiger partial charge in [-0.05, 0) is 56.9 Å². The van der Waals surface area contributed by atoms with Crippen LogP contribution in [0.15, 0.2) is 48.8 Å². The minimum absolute atomic E-state index is 0.0352. The van der Waals surface area contributed by atoms with Crippen molar-refractivity contribution < 1.29 is 9.90 Å². The van der Waals surface area contributed by atoms with Crippen molar-refractivity contribution in [3.63, 3.8) is 0 Å².